The first-order valence-corrected chi connectivity index (χ1v) is 7.43. The molecule has 2 amide bonds. The van der Waals surface area contributed by atoms with E-state index in [1.54, 1.807) is 24.3 Å². The van der Waals surface area contributed by atoms with E-state index in [2.05, 4.69) is 22.6 Å². The third-order valence-corrected chi connectivity index (χ3v) is 4.24. The number of benzene rings is 2. The maximum atomic E-state index is 12.3. The zero-order chi connectivity index (χ0) is 14.3. The fraction of sp³-hybridized carbons (Fsp3) is 0.0667. The van der Waals surface area contributed by atoms with Crippen LogP contribution in [0.2, 0.25) is 5.02 Å². The van der Waals surface area contributed by atoms with Crippen LogP contribution in [0, 0.1) is 3.57 Å². The zero-order valence-electron chi connectivity index (χ0n) is 10.3. The molecular formula is C15H9ClINO2. The predicted octanol–water partition coefficient (Wildman–Crippen LogP) is 3.74. The van der Waals surface area contributed by atoms with Gasteiger partial charge in [-0.2, -0.15) is 0 Å². The summed E-state index contributed by atoms with van der Waals surface area (Å²) >= 11 is 8.32. The van der Waals surface area contributed by atoms with Crippen molar-refractivity contribution in [3.63, 3.8) is 0 Å². The molecule has 0 radical (unpaired) electrons. The van der Waals surface area contributed by atoms with Crippen molar-refractivity contribution in [3.05, 3.63) is 67.7 Å². The molecule has 0 spiro atoms. The van der Waals surface area contributed by atoms with Gasteiger partial charge in [-0.3, -0.25) is 14.5 Å². The van der Waals surface area contributed by atoms with Crippen molar-refractivity contribution in [3.8, 4) is 0 Å². The Morgan fingerprint density at radius 3 is 2.15 bits per heavy atom. The van der Waals surface area contributed by atoms with Gasteiger partial charge in [-0.05, 0) is 52.4 Å². The molecule has 1 heterocycles. The topological polar surface area (TPSA) is 37.4 Å². The molecule has 0 N–H and O–H groups in total. The molecule has 2 aromatic rings. The summed E-state index contributed by atoms with van der Waals surface area (Å²) in [6.45, 7) is 0.197. The van der Waals surface area contributed by atoms with Gasteiger partial charge in [0.1, 0.15) is 0 Å². The molecule has 1 aliphatic rings. The lowest BCUT2D eigenvalue weighted by Gasteiger charge is -2.15. The SMILES string of the molecule is O=C1c2ccccc2C(=O)N1Cc1ccc(I)cc1Cl. The number of carbonyl (C=O) groups excluding carboxylic acids is 2. The first kappa shape index (κ1) is 13.6. The number of imide groups is 1. The Kier molecular flexibility index (Phi) is 3.52. The van der Waals surface area contributed by atoms with Gasteiger partial charge in [0, 0.05) is 8.59 Å². The summed E-state index contributed by atoms with van der Waals surface area (Å²) in [5.41, 5.74) is 1.68. The number of carbonyl (C=O) groups is 2. The number of amides is 2. The summed E-state index contributed by atoms with van der Waals surface area (Å²) in [7, 11) is 0. The van der Waals surface area contributed by atoms with Crippen molar-refractivity contribution in [2.45, 2.75) is 6.54 Å². The van der Waals surface area contributed by atoms with Gasteiger partial charge in [-0.1, -0.05) is 29.8 Å². The highest BCUT2D eigenvalue weighted by molar-refractivity contribution is 14.1. The molecule has 3 nitrogen and oxygen atoms in total. The molecule has 0 saturated carbocycles. The van der Waals surface area contributed by atoms with Gasteiger partial charge in [0.25, 0.3) is 11.8 Å². The Labute approximate surface area is 134 Å². The largest absolute Gasteiger partial charge is 0.270 e. The number of halogens is 2. The predicted molar refractivity (Wildman–Crippen MR) is 84.8 cm³/mol. The van der Waals surface area contributed by atoms with Gasteiger partial charge < -0.3 is 0 Å². The lowest BCUT2D eigenvalue weighted by atomic mass is 10.1. The summed E-state index contributed by atoms with van der Waals surface area (Å²) in [6.07, 6.45) is 0. The van der Waals surface area contributed by atoms with Crippen LogP contribution in [0.1, 0.15) is 26.3 Å². The number of hydrogen-bond donors (Lipinski definition) is 0. The van der Waals surface area contributed by atoms with Crippen LogP contribution >= 0.6 is 34.2 Å². The zero-order valence-corrected chi connectivity index (χ0v) is 13.2. The molecular weight excluding hydrogens is 389 g/mol. The molecule has 1 aliphatic heterocycles. The van der Waals surface area contributed by atoms with Crippen LogP contribution in [0.25, 0.3) is 0 Å². The van der Waals surface area contributed by atoms with Crippen molar-refractivity contribution < 1.29 is 9.59 Å². The Balaban J connectivity index is 1.94. The van der Waals surface area contributed by atoms with Crippen LogP contribution in [0.15, 0.2) is 42.5 Å². The monoisotopic (exact) mass is 397 g/mol. The standard InChI is InChI=1S/C15H9ClINO2/c16-13-7-10(17)6-5-9(13)8-18-14(19)11-3-1-2-4-12(11)15(18)20/h1-7H,8H2. The average molecular weight is 398 g/mol. The fourth-order valence-corrected chi connectivity index (χ4v) is 3.12. The highest BCUT2D eigenvalue weighted by Gasteiger charge is 2.35. The van der Waals surface area contributed by atoms with Crippen LogP contribution < -0.4 is 0 Å². The van der Waals surface area contributed by atoms with Crippen LogP contribution in [-0.2, 0) is 6.54 Å². The molecule has 2 aromatic carbocycles. The summed E-state index contributed by atoms with van der Waals surface area (Å²) in [5.74, 6) is -0.527. The smallest absolute Gasteiger partial charge is 0.261 e. The van der Waals surface area contributed by atoms with E-state index in [1.807, 2.05) is 18.2 Å². The second-order valence-corrected chi connectivity index (χ2v) is 6.13. The maximum absolute atomic E-state index is 12.3. The minimum Gasteiger partial charge on any atom is -0.270 e. The van der Waals surface area contributed by atoms with Gasteiger partial charge in [-0.15, -0.1) is 0 Å². The molecule has 20 heavy (non-hydrogen) atoms. The quantitative estimate of drug-likeness (QED) is 0.572. The van der Waals surface area contributed by atoms with Crippen molar-refractivity contribution in [1.29, 1.82) is 0 Å². The van der Waals surface area contributed by atoms with Crippen molar-refractivity contribution in [1.82, 2.24) is 4.90 Å². The summed E-state index contributed by atoms with van der Waals surface area (Å²) in [4.78, 5) is 25.7. The van der Waals surface area contributed by atoms with Crippen molar-refractivity contribution in [2.75, 3.05) is 0 Å². The van der Waals surface area contributed by atoms with Crippen LogP contribution in [0.5, 0.6) is 0 Å². The maximum Gasteiger partial charge on any atom is 0.261 e. The molecule has 3 rings (SSSR count). The van der Waals surface area contributed by atoms with E-state index in [-0.39, 0.29) is 18.4 Å². The van der Waals surface area contributed by atoms with Gasteiger partial charge in [0.2, 0.25) is 0 Å². The van der Waals surface area contributed by atoms with Gasteiger partial charge in [0.05, 0.1) is 17.7 Å². The van der Waals surface area contributed by atoms with E-state index < -0.39 is 0 Å². The van der Waals surface area contributed by atoms with Gasteiger partial charge >= 0.3 is 0 Å². The normalized spacial score (nSPS) is 13.8. The molecule has 0 aromatic heterocycles. The highest BCUT2D eigenvalue weighted by atomic mass is 127. The second kappa shape index (κ2) is 5.18. The first-order valence-electron chi connectivity index (χ1n) is 5.97. The minimum atomic E-state index is -0.264. The van der Waals surface area contributed by atoms with E-state index in [4.69, 9.17) is 11.6 Å². The average Bonchev–Trinajstić information content (AvgIpc) is 2.67. The van der Waals surface area contributed by atoms with E-state index >= 15 is 0 Å². The minimum absolute atomic E-state index is 0.197. The Morgan fingerprint density at radius 2 is 1.60 bits per heavy atom. The van der Waals surface area contributed by atoms with Crippen LogP contribution in [0.3, 0.4) is 0 Å². The van der Waals surface area contributed by atoms with E-state index in [0.717, 1.165) is 9.13 Å². The third kappa shape index (κ3) is 2.23. The number of nitrogens with zero attached hydrogens (tertiary/aromatic N) is 1. The van der Waals surface area contributed by atoms with E-state index in [1.165, 1.54) is 4.90 Å². The van der Waals surface area contributed by atoms with Gasteiger partial charge in [0.15, 0.2) is 0 Å². The molecule has 0 unspecified atom stereocenters. The second-order valence-electron chi connectivity index (χ2n) is 4.48. The summed E-state index contributed by atoms with van der Waals surface area (Å²) < 4.78 is 1.01. The van der Waals surface area contributed by atoms with Gasteiger partial charge in [-0.25, -0.2) is 0 Å². The Morgan fingerprint density at radius 1 is 1.00 bits per heavy atom. The lowest BCUT2D eigenvalue weighted by Crippen LogP contribution is -2.29. The fourth-order valence-electron chi connectivity index (χ4n) is 2.20. The first-order chi connectivity index (χ1) is 9.58. The highest BCUT2D eigenvalue weighted by Crippen LogP contribution is 2.27. The van der Waals surface area contributed by atoms with E-state index in [9.17, 15) is 9.59 Å². The van der Waals surface area contributed by atoms with Crippen molar-refractivity contribution >= 4 is 46.0 Å². The Bertz CT molecular complexity index is 695. The molecule has 0 atom stereocenters. The summed E-state index contributed by atoms with van der Waals surface area (Å²) in [5, 5.41) is 0.563. The number of fused-ring (bicyclic) bond motifs is 1. The van der Waals surface area contributed by atoms with Crippen molar-refractivity contribution in [2.24, 2.45) is 0 Å². The molecule has 100 valence electrons. The molecule has 0 bridgehead atoms. The third-order valence-electron chi connectivity index (χ3n) is 3.22. The summed E-state index contributed by atoms with van der Waals surface area (Å²) in [6, 6.07) is 12.4. The van der Waals surface area contributed by atoms with Crippen LogP contribution in [0.4, 0.5) is 0 Å². The molecule has 5 heteroatoms. The molecule has 0 aliphatic carbocycles. The number of rotatable bonds is 2. The molecule has 0 fully saturated rings. The van der Waals surface area contributed by atoms with Crippen LogP contribution in [-0.4, -0.2) is 16.7 Å². The Hall–Kier alpha value is -1.40. The lowest BCUT2D eigenvalue weighted by molar-refractivity contribution is 0.0642. The molecule has 0 saturated heterocycles. The number of hydrogen-bond acceptors (Lipinski definition) is 2. The van der Waals surface area contributed by atoms with E-state index in [0.29, 0.717) is 16.1 Å².